The summed E-state index contributed by atoms with van der Waals surface area (Å²) in [4.78, 5) is 0. The third kappa shape index (κ3) is 2.50. The van der Waals surface area contributed by atoms with Crippen LogP contribution < -0.4 is 10.8 Å². The first-order valence-corrected chi connectivity index (χ1v) is 6.49. The summed E-state index contributed by atoms with van der Waals surface area (Å²) < 4.78 is 5.38. The topological polar surface area (TPSA) is 41.5 Å². The minimum absolute atomic E-state index is 0.0341. The van der Waals surface area contributed by atoms with Gasteiger partial charge in [0.05, 0.1) is 6.10 Å². The van der Waals surface area contributed by atoms with Crippen LogP contribution in [0.3, 0.4) is 0 Å². The van der Waals surface area contributed by atoms with Gasteiger partial charge in [-0.3, -0.25) is 0 Å². The Balaban J connectivity index is 1.75. The summed E-state index contributed by atoms with van der Waals surface area (Å²) in [5, 5.41) is 13.2. The van der Waals surface area contributed by atoms with E-state index in [1.807, 2.05) is 43.3 Å². The van der Waals surface area contributed by atoms with Gasteiger partial charge in [-0.05, 0) is 35.6 Å². The number of benzene rings is 2. The highest BCUT2D eigenvalue weighted by Gasteiger charge is 2.32. The maximum atomic E-state index is 9.81. The predicted molar refractivity (Wildman–Crippen MR) is 77.3 cm³/mol. The van der Waals surface area contributed by atoms with Crippen LogP contribution in [0, 0.1) is 0 Å². The van der Waals surface area contributed by atoms with Crippen molar-refractivity contribution in [2.24, 2.45) is 0 Å². The minimum atomic E-state index is -0.802. The molecule has 3 rings (SSSR count). The molecule has 4 heteroatoms. The van der Waals surface area contributed by atoms with Crippen LogP contribution in [0.2, 0.25) is 0 Å². The number of hydrogen-bond donors (Lipinski definition) is 2. The molecule has 0 fully saturated rings. The van der Waals surface area contributed by atoms with E-state index in [1.54, 1.807) is 0 Å². The molecule has 1 unspecified atom stereocenters. The van der Waals surface area contributed by atoms with E-state index >= 15 is 0 Å². The molecular weight excluding hydrogens is 237 g/mol. The van der Waals surface area contributed by atoms with Crippen LogP contribution in [0.4, 0.5) is 5.69 Å². The number of anilines is 1. The van der Waals surface area contributed by atoms with Crippen molar-refractivity contribution in [2.45, 2.75) is 19.6 Å². The lowest BCUT2D eigenvalue weighted by Gasteiger charge is -2.09. The van der Waals surface area contributed by atoms with E-state index in [-0.39, 0.29) is 6.10 Å². The SMILES string of the molecule is CC1OB(O)c2cc(NCc3ccccc3)ccc21. The molecule has 96 valence electrons. The van der Waals surface area contributed by atoms with Gasteiger partial charge in [-0.25, -0.2) is 0 Å². The molecule has 1 aliphatic rings. The van der Waals surface area contributed by atoms with Crippen molar-refractivity contribution in [3.05, 3.63) is 59.7 Å². The summed E-state index contributed by atoms with van der Waals surface area (Å²) in [6, 6.07) is 16.2. The van der Waals surface area contributed by atoms with Gasteiger partial charge in [0, 0.05) is 12.2 Å². The molecule has 0 saturated heterocycles. The molecule has 0 bridgehead atoms. The number of fused-ring (bicyclic) bond motifs is 1. The van der Waals surface area contributed by atoms with Crippen molar-refractivity contribution in [1.82, 2.24) is 0 Å². The zero-order chi connectivity index (χ0) is 13.2. The Kier molecular flexibility index (Phi) is 3.28. The first-order chi connectivity index (χ1) is 9.24. The Morgan fingerprint density at radius 2 is 2.00 bits per heavy atom. The molecule has 1 atom stereocenters. The Bertz CT molecular complexity index is 574. The molecule has 0 radical (unpaired) electrons. The molecule has 2 N–H and O–H groups in total. The average Bonchev–Trinajstić information content (AvgIpc) is 2.73. The standard InChI is InChI=1S/C15H16BNO2/c1-11-14-8-7-13(9-15(14)16(18)19-11)17-10-12-5-3-2-4-6-12/h2-9,11,17-18H,10H2,1H3. The van der Waals surface area contributed by atoms with Gasteiger partial charge < -0.3 is 15.0 Å². The molecular formula is C15H16BNO2. The Morgan fingerprint density at radius 1 is 1.21 bits per heavy atom. The lowest BCUT2D eigenvalue weighted by Crippen LogP contribution is -2.28. The largest absolute Gasteiger partial charge is 0.492 e. The van der Waals surface area contributed by atoms with E-state index in [2.05, 4.69) is 17.4 Å². The second kappa shape index (κ2) is 5.07. The zero-order valence-corrected chi connectivity index (χ0v) is 10.8. The van der Waals surface area contributed by atoms with E-state index in [0.29, 0.717) is 0 Å². The molecule has 0 aromatic heterocycles. The van der Waals surface area contributed by atoms with Crippen LogP contribution in [0.15, 0.2) is 48.5 Å². The Labute approximate surface area is 113 Å². The number of hydrogen-bond acceptors (Lipinski definition) is 3. The fourth-order valence-corrected chi connectivity index (χ4v) is 2.41. The third-order valence-corrected chi connectivity index (χ3v) is 3.46. The Morgan fingerprint density at radius 3 is 2.79 bits per heavy atom. The molecule has 2 aromatic carbocycles. The molecule has 0 spiro atoms. The van der Waals surface area contributed by atoms with E-state index < -0.39 is 7.12 Å². The summed E-state index contributed by atoms with van der Waals surface area (Å²) in [5.74, 6) is 0. The second-order valence-electron chi connectivity index (χ2n) is 4.81. The fourth-order valence-electron chi connectivity index (χ4n) is 2.41. The van der Waals surface area contributed by atoms with Gasteiger partial charge in [0.15, 0.2) is 0 Å². The quantitative estimate of drug-likeness (QED) is 0.823. The van der Waals surface area contributed by atoms with E-state index in [0.717, 1.165) is 23.3 Å². The second-order valence-corrected chi connectivity index (χ2v) is 4.81. The maximum Gasteiger partial charge on any atom is 0.492 e. The molecule has 0 saturated carbocycles. The fraction of sp³-hybridized carbons (Fsp3) is 0.200. The van der Waals surface area contributed by atoms with Gasteiger partial charge in [0.2, 0.25) is 0 Å². The van der Waals surface area contributed by atoms with Crippen LogP contribution in [-0.4, -0.2) is 12.1 Å². The lowest BCUT2D eigenvalue weighted by molar-refractivity contribution is 0.209. The molecule has 0 aliphatic carbocycles. The summed E-state index contributed by atoms with van der Waals surface area (Å²) in [7, 11) is -0.802. The predicted octanol–water partition coefficient (Wildman–Crippen LogP) is 2.08. The van der Waals surface area contributed by atoms with Crippen LogP contribution in [0.5, 0.6) is 0 Å². The highest BCUT2D eigenvalue weighted by Crippen LogP contribution is 2.24. The number of rotatable bonds is 3. The summed E-state index contributed by atoms with van der Waals surface area (Å²) in [6.45, 7) is 2.72. The minimum Gasteiger partial charge on any atom is -0.423 e. The van der Waals surface area contributed by atoms with Gasteiger partial charge in [0.1, 0.15) is 0 Å². The van der Waals surface area contributed by atoms with Gasteiger partial charge in [-0.2, -0.15) is 0 Å². The van der Waals surface area contributed by atoms with Gasteiger partial charge >= 0.3 is 7.12 Å². The normalized spacial score (nSPS) is 17.4. The van der Waals surface area contributed by atoms with Crippen molar-refractivity contribution in [2.75, 3.05) is 5.32 Å². The van der Waals surface area contributed by atoms with E-state index in [9.17, 15) is 5.02 Å². The van der Waals surface area contributed by atoms with Crippen molar-refractivity contribution >= 4 is 18.3 Å². The summed E-state index contributed by atoms with van der Waals surface area (Å²) in [5.41, 5.74) is 4.16. The van der Waals surface area contributed by atoms with E-state index in [4.69, 9.17) is 4.65 Å². The molecule has 0 amide bonds. The van der Waals surface area contributed by atoms with Gasteiger partial charge in [-0.1, -0.05) is 36.4 Å². The maximum absolute atomic E-state index is 9.81. The highest BCUT2D eigenvalue weighted by atomic mass is 16.5. The van der Waals surface area contributed by atoms with E-state index in [1.165, 1.54) is 5.56 Å². The average molecular weight is 253 g/mol. The van der Waals surface area contributed by atoms with Gasteiger partial charge in [0.25, 0.3) is 0 Å². The number of nitrogens with one attached hydrogen (secondary N) is 1. The zero-order valence-electron chi connectivity index (χ0n) is 10.8. The molecule has 2 aromatic rings. The van der Waals surface area contributed by atoms with Crippen LogP contribution in [0.25, 0.3) is 0 Å². The first-order valence-electron chi connectivity index (χ1n) is 6.49. The summed E-state index contributed by atoms with van der Waals surface area (Å²) >= 11 is 0. The van der Waals surface area contributed by atoms with Crippen molar-refractivity contribution in [1.29, 1.82) is 0 Å². The molecule has 1 heterocycles. The summed E-state index contributed by atoms with van der Waals surface area (Å²) in [6.07, 6.45) is -0.0341. The van der Waals surface area contributed by atoms with Crippen LogP contribution in [0.1, 0.15) is 24.2 Å². The highest BCUT2D eigenvalue weighted by molar-refractivity contribution is 6.61. The van der Waals surface area contributed by atoms with Crippen molar-refractivity contribution in [3.63, 3.8) is 0 Å². The first kappa shape index (κ1) is 12.3. The molecule has 19 heavy (non-hydrogen) atoms. The Hall–Kier alpha value is -1.78. The lowest BCUT2D eigenvalue weighted by atomic mass is 9.79. The van der Waals surface area contributed by atoms with Crippen LogP contribution >= 0.6 is 0 Å². The van der Waals surface area contributed by atoms with Gasteiger partial charge in [-0.15, -0.1) is 0 Å². The van der Waals surface area contributed by atoms with Crippen LogP contribution in [-0.2, 0) is 11.2 Å². The van der Waals surface area contributed by atoms with Crippen molar-refractivity contribution < 1.29 is 9.68 Å². The molecule has 3 nitrogen and oxygen atoms in total. The smallest absolute Gasteiger partial charge is 0.423 e. The molecule has 1 aliphatic heterocycles. The monoisotopic (exact) mass is 253 g/mol. The van der Waals surface area contributed by atoms with Crippen molar-refractivity contribution in [3.8, 4) is 0 Å². The third-order valence-electron chi connectivity index (χ3n) is 3.46.